The van der Waals surface area contributed by atoms with Crippen molar-refractivity contribution in [2.75, 3.05) is 5.32 Å². The Morgan fingerprint density at radius 3 is 2.70 bits per heavy atom. The van der Waals surface area contributed by atoms with Crippen LogP contribution in [0.5, 0.6) is 0 Å². The van der Waals surface area contributed by atoms with Crippen LogP contribution in [0.2, 0.25) is 0 Å². The normalized spacial score (nSPS) is 15.0. The zero-order chi connectivity index (χ0) is 18.6. The van der Waals surface area contributed by atoms with E-state index in [1.165, 1.54) is 17.8 Å². The van der Waals surface area contributed by atoms with E-state index in [1.807, 2.05) is 37.3 Å². The zero-order valence-corrected chi connectivity index (χ0v) is 16.1. The van der Waals surface area contributed by atoms with E-state index < -0.39 is 0 Å². The van der Waals surface area contributed by atoms with Crippen LogP contribution in [0.3, 0.4) is 0 Å². The number of anilines is 1. The Morgan fingerprint density at radius 1 is 1.19 bits per heavy atom. The highest BCUT2D eigenvalue weighted by molar-refractivity contribution is 7.19. The molecule has 0 bridgehead atoms. The summed E-state index contributed by atoms with van der Waals surface area (Å²) in [6.07, 6.45) is 6.15. The van der Waals surface area contributed by atoms with Crippen LogP contribution in [-0.2, 0) is 11.2 Å². The van der Waals surface area contributed by atoms with Crippen molar-refractivity contribution < 1.29 is 9.32 Å². The molecule has 1 N–H and O–H groups in total. The molecule has 27 heavy (non-hydrogen) atoms. The molecule has 1 aliphatic rings. The lowest BCUT2D eigenvalue weighted by Crippen LogP contribution is -2.24. The Balaban J connectivity index is 1.55. The SMILES string of the molecule is CCc1nc(NC(=O)C2CCCCC2)sc1-c1nc(-c2ccccc2)no1. The number of nitrogens with zero attached hydrogens (tertiary/aromatic N) is 3. The molecule has 1 saturated carbocycles. The first-order valence-electron chi connectivity index (χ1n) is 9.44. The molecular weight excluding hydrogens is 360 g/mol. The van der Waals surface area contributed by atoms with Gasteiger partial charge in [-0.3, -0.25) is 4.79 Å². The maximum Gasteiger partial charge on any atom is 0.270 e. The number of thiazole rings is 1. The number of hydrogen-bond acceptors (Lipinski definition) is 6. The van der Waals surface area contributed by atoms with Crippen LogP contribution in [0.15, 0.2) is 34.9 Å². The van der Waals surface area contributed by atoms with Crippen molar-refractivity contribution in [1.82, 2.24) is 15.1 Å². The van der Waals surface area contributed by atoms with Crippen molar-refractivity contribution in [2.24, 2.45) is 5.92 Å². The standard InChI is InChI=1S/C20H22N4O2S/c1-2-15-16(19-22-17(24-26-19)13-9-5-3-6-10-13)27-20(21-15)23-18(25)14-11-7-4-8-12-14/h3,5-6,9-10,14H,2,4,7-8,11-12H2,1H3,(H,21,23,25). The summed E-state index contributed by atoms with van der Waals surface area (Å²) in [5.41, 5.74) is 1.77. The maximum absolute atomic E-state index is 12.5. The van der Waals surface area contributed by atoms with Gasteiger partial charge in [-0.15, -0.1) is 0 Å². The van der Waals surface area contributed by atoms with Gasteiger partial charge in [-0.05, 0) is 19.3 Å². The van der Waals surface area contributed by atoms with Crippen molar-refractivity contribution in [3.8, 4) is 22.2 Å². The first-order chi connectivity index (χ1) is 13.2. The van der Waals surface area contributed by atoms with Gasteiger partial charge >= 0.3 is 0 Å². The van der Waals surface area contributed by atoms with E-state index in [-0.39, 0.29) is 11.8 Å². The summed E-state index contributed by atoms with van der Waals surface area (Å²) in [7, 11) is 0. The Labute approximate surface area is 162 Å². The average Bonchev–Trinajstić information content (AvgIpc) is 3.36. The second-order valence-electron chi connectivity index (χ2n) is 6.76. The lowest BCUT2D eigenvalue weighted by Gasteiger charge is -2.19. The molecule has 0 atom stereocenters. The summed E-state index contributed by atoms with van der Waals surface area (Å²) < 4.78 is 5.48. The number of aryl methyl sites for hydroxylation is 1. The summed E-state index contributed by atoms with van der Waals surface area (Å²) in [6.45, 7) is 2.03. The van der Waals surface area contributed by atoms with Crippen molar-refractivity contribution in [1.29, 1.82) is 0 Å². The zero-order valence-electron chi connectivity index (χ0n) is 15.3. The Morgan fingerprint density at radius 2 is 1.96 bits per heavy atom. The van der Waals surface area contributed by atoms with E-state index in [0.717, 1.165) is 48.2 Å². The minimum atomic E-state index is 0.0770. The number of aromatic nitrogens is 3. The molecule has 4 rings (SSSR count). The van der Waals surface area contributed by atoms with Crippen molar-refractivity contribution in [3.05, 3.63) is 36.0 Å². The van der Waals surface area contributed by atoms with Crippen LogP contribution in [0.4, 0.5) is 5.13 Å². The van der Waals surface area contributed by atoms with Crippen LogP contribution >= 0.6 is 11.3 Å². The molecule has 1 aromatic carbocycles. The summed E-state index contributed by atoms with van der Waals surface area (Å²) in [6, 6.07) is 9.71. The van der Waals surface area contributed by atoms with Gasteiger partial charge in [-0.1, -0.05) is 73.0 Å². The Kier molecular flexibility index (Phi) is 5.29. The van der Waals surface area contributed by atoms with Crippen LogP contribution in [0, 0.1) is 5.92 Å². The highest BCUT2D eigenvalue weighted by Gasteiger charge is 2.24. The van der Waals surface area contributed by atoms with Crippen molar-refractivity contribution >= 4 is 22.4 Å². The van der Waals surface area contributed by atoms with Crippen molar-refractivity contribution in [2.45, 2.75) is 45.4 Å². The van der Waals surface area contributed by atoms with E-state index in [4.69, 9.17) is 4.52 Å². The number of carbonyl (C=O) groups is 1. The number of amides is 1. The smallest absolute Gasteiger partial charge is 0.270 e. The van der Waals surface area contributed by atoms with Gasteiger partial charge in [0.05, 0.1) is 5.69 Å². The summed E-state index contributed by atoms with van der Waals surface area (Å²) >= 11 is 1.40. The van der Waals surface area contributed by atoms with Gasteiger partial charge in [0, 0.05) is 11.5 Å². The fraction of sp³-hybridized carbons (Fsp3) is 0.400. The van der Waals surface area contributed by atoms with E-state index >= 15 is 0 Å². The molecule has 0 spiro atoms. The van der Waals surface area contributed by atoms with Gasteiger partial charge in [0.15, 0.2) is 5.13 Å². The fourth-order valence-corrected chi connectivity index (χ4v) is 4.38. The van der Waals surface area contributed by atoms with Crippen LogP contribution in [0.25, 0.3) is 22.2 Å². The van der Waals surface area contributed by atoms with Gasteiger partial charge in [0.1, 0.15) is 4.88 Å². The Bertz CT molecular complexity index is 913. The molecule has 0 radical (unpaired) electrons. The van der Waals surface area contributed by atoms with E-state index in [2.05, 4.69) is 20.4 Å². The molecule has 0 unspecified atom stereocenters. The highest BCUT2D eigenvalue weighted by atomic mass is 32.1. The first kappa shape index (κ1) is 17.9. The predicted octanol–water partition coefficient (Wildman–Crippen LogP) is 4.94. The molecule has 140 valence electrons. The largest absolute Gasteiger partial charge is 0.333 e. The second-order valence-corrected chi connectivity index (χ2v) is 7.76. The topological polar surface area (TPSA) is 80.9 Å². The number of benzene rings is 1. The highest BCUT2D eigenvalue weighted by Crippen LogP contribution is 2.34. The summed E-state index contributed by atoms with van der Waals surface area (Å²) in [4.78, 5) is 22.4. The van der Waals surface area contributed by atoms with Crippen LogP contribution in [-0.4, -0.2) is 21.0 Å². The van der Waals surface area contributed by atoms with Crippen molar-refractivity contribution in [3.63, 3.8) is 0 Å². The van der Waals surface area contributed by atoms with Gasteiger partial charge < -0.3 is 9.84 Å². The molecule has 0 saturated heterocycles. The third-order valence-corrected chi connectivity index (χ3v) is 5.89. The molecule has 0 aliphatic heterocycles. The summed E-state index contributed by atoms with van der Waals surface area (Å²) in [5.74, 6) is 1.17. The number of hydrogen-bond donors (Lipinski definition) is 1. The molecule has 6 nitrogen and oxygen atoms in total. The molecule has 1 fully saturated rings. The maximum atomic E-state index is 12.5. The monoisotopic (exact) mass is 382 g/mol. The Hall–Kier alpha value is -2.54. The average molecular weight is 382 g/mol. The van der Waals surface area contributed by atoms with E-state index in [9.17, 15) is 4.79 Å². The molecule has 1 aliphatic carbocycles. The molecule has 2 aromatic heterocycles. The fourth-order valence-electron chi connectivity index (χ4n) is 3.40. The van der Waals surface area contributed by atoms with Gasteiger partial charge in [-0.2, -0.15) is 4.98 Å². The minimum Gasteiger partial charge on any atom is -0.333 e. The molecule has 3 aromatic rings. The van der Waals surface area contributed by atoms with Crippen LogP contribution < -0.4 is 5.32 Å². The second kappa shape index (κ2) is 8.00. The number of rotatable bonds is 5. The molecule has 7 heteroatoms. The van der Waals surface area contributed by atoms with E-state index in [0.29, 0.717) is 16.8 Å². The van der Waals surface area contributed by atoms with Gasteiger partial charge in [-0.25, -0.2) is 4.98 Å². The molecular formula is C20H22N4O2S. The third kappa shape index (κ3) is 3.93. The third-order valence-electron chi connectivity index (χ3n) is 4.89. The minimum absolute atomic E-state index is 0.0770. The van der Waals surface area contributed by atoms with Gasteiger partial charge in [0.2, 0.25) is 11.7 Å². The lowest BCUT2D eigenvalue weighted by molar-refractivity contribution is -0.120. The quantitative estimate of drug-likeness (QED) is 0.676. The van der Waals surface area contributed by atoms with Gasteiger partial charge in [0.25, 0.3) is 5.89 Å². The summed E-state index contributed by atoms with van der Waals surface area (Å²) in [5, 5.41) is 7.69. The van der Waals surface area contributed by atoms with Crippen LogP contribution in [0.1, 0.15) is 44.7 Å². The lowest BCUT2D eigenvalue weighted by atomic mass is 9.89. The molecule has 1 amide bonds. The number of carbonyl (C=O) groups excluding carboxylic acids is 1. The first-order valence-corrected chi connectivity index (χ1v) is 10.3. The number of nitrogens with one attached hydrogen (secondary N) is 1. The molecule has 2 heterocycles. The predicted molar refractivity (Wildman–Crippen MR) is 105 cm³/mol. The van der Waals surface area contributed by atoms with E-state index in [1.54, 1.807) is 0 Å².